The summed E-state index contributed by atoms with van der Waals surface area (Å²) < 4.78 is 10.7. The molecule has 0 unspecified atom stereocenters. The van der Waals surface area contributed by atoms with Crippen LogP contribution in [-0.4, -0.2) is 20.0 Å². The van der Waals surface area contributed by atoms with Crippen LogP contribution in [0, 0.1) is 6.92 Å². The van der Waals surface area contributed by atoms with E-state index in [1.165, 1.54) is 0 Å². The van der Waals surface area contributed by atoms with Crippen LogP contribution in [0.5, 0.6) is 11.5 Å². The number of methoxy groups -OCH3 is 2. The molecule has 0 aliphatic heterocycles. The van der Waals surface area contributed by atoms with Gasteiger partial charge in [-0.05, 0) is 42.8 Å². The second-order valence-electron chi connectivity index (χ2n) is 6.67. The molecule has 29 heavy (non-hydrogen) atoms. The highest BCUT2D eigenvalue weighted by molar-refractivity contribution is 7.99. The van der Waals surface area contributed by atoms with Crippen molar-refractivity contribution >= 4 is 29.1 Å². The van der Waals surface area contributed by atoms with E-state index in [2.05, 4.69) is 0 Å². The summed E-state index contributed by atoms with van der Waals surface area (Å²) >= 11 is 7.68. The van der Waals surface area contributed by atoms with Crippen molar-refractivity contribution in [3.63, 3.8) is 0 Å². The number of carbonyl (C=O) groups excluding carboxylic acids is 1. The fourth-order valence-corrected chi connectivity index (χ4v) is 4.29. The van der Waals surface area contributed by atoms with E-state index in [-0.39, 0.29) is 11.0 Å². The van der Waals surface area contributed by atoms with E-state index in [0.717, 1.165) is 21.6 Å². The van der Waals surface area contributed by atoms with Crippen molar-refractivity contribution in [1.29, 1.82) is 0 Å². The van der Waals surface area contributed by atoms with Gasteiger partial charge in [-0.2, -0.15) is 0 Å². The third kappa shape index (κ3) is 5.55. The van der Waals surface area contributed by atoms with Crippen LogP contribution in [0.4, 0.5) is 0 Å². The van der Waals surface area contributed by atoms with Gasteiger partial charge in [-0.25, -0.2) is 0 Å². The number of hydrogen-bond donors (Lipinski definition) is 0. The lowest BCUT2D eigenvalue weighted by molar-refractivity contribution is 0.0982. The predicted molar refractivity (Wildman–Crippen MR) is 120 cm³/mol. The Bertz CT molecular complexity index is 968. The summed E-state index contributed by atoms with van der Waals surface area (Å²) in [6.07, 6.45) is 0.379. The number of hydrogen-bond acceptors (Lipinski definition) is 4. The number of aryl methyl sites for hydroxylation is 1. The normalized spacial score (nSPS) is 11.7. The second kappa shape index (κ2) is 9.86. The van der Waals surface area contributed by atoms with Gasteiger partial charge in [0.25, 0.3) is 0 Å². The number of ether oxygens (including phenoxy) is 2. The number of benzene rings is 3. The SMILES string of the molecule is COc1ccc(S[C@H](CC(=O)c2ccc(C)cc2)c2ccc(Cl)cc2)cc1OC. The Kier molecular flexibility index (Phi) is 7.24. The number of thioether (sulfide) groups is 1. The maximum Gasteiger partial charge on any atom is 0.164 e. The van der Waals surface area contributed by atoms with Crippen molar-refractivity contribution in [2.24, 2.45) is 0 Å². The van der Waals surface area contributed by atoms with Gasteiger partial charge in [0, 0.05) is 27.2 Å². The third-order valence-electron chi connectivity index (χ3n) is 4.62. The molecule has 0 fully saturated rings. The summed E-state index contributed by atoms with van der Waals surface area (Å²) in [6, 6.07) is 21.2. The first kappa shape index (κ1) is 21.3. The summed E-state index contributed by atoms with van der Waals surface area (Å²) in [5, 5.41) is 0.618. The molecule has 5 heteroatoms. The van der Waals surface area contributed by atoms with Crippen molar-refractivity contribution in [2.75, 3.05) is 14.2 Å². The minimum atomic E-state index is -0.0563. The first-order valence-corrected chi connectivity index (χ1v) is 10.5. The van der Waals surface area contributed by atoms with E-state index in [1.807, 2.05) is 73.7 Å². The van der Waals surface area contributed by atoms with Crippen molar-refractivity contribution in [1.82, 2.24) is 0 Å². The molecule has 0 spiro atoms. The molecule has 0 aromatic heterocycles. The maximum atomic E-state index is 12.9. The third-order valence-corrected chi connectivity index (χ3v) is 6.12. The minimum Gasteiger partial charge on any atom is -0.493 e. The summed E-state index contributed by atoms with van der Waals surface area (Å²) in [6.45, 7) is 2.01. The summed E-state index contributed by atoms with van der Waals surface area (Å²) in [4.78, 5) is 13.9. The highest BCUT2D eigenvalue weighted by Crippen LogP contribution is 2.41. The van der Waals surface area contributed by atoms with Crippen molar-refractivity contribution < 1.29 is 14.3 Å². The number of ketones is 1. The van der Waals surface area contributed by atoms with Gasteiger partial charge in [0.15, 0.2) is 17.3 Å². The molecule has 0 aliphatic carbocycles. The Balaban J connectivity index is 1.88. The zero-order chi connectivity index (χ0) is 20.8. The molecule has 3 nitrogen and oxygen atoms in total. The van der Waals surface area contributed by atoms with E-state index >= 15 is 0 Å². The molecule has 0 aliphatic rings. The summed E-state index contributed by atoms with van der Waals surface area (Å²) in [5.41, 5.74) is 2.91. The molecule has 0 saturated carbocycles. The molecule has 0 heterocycles. The van der Waals surface area contributed by atoms with Crippen LogP contribution in [-0.2, 0) is 0 Å². The molecular formula is C24H23ClO3S. The van der Waals surface area contributed by atoms with Gasteiger partial charge in [0.2, 0.25) is 0 Å². The molecule has 1 atom stereocenters. The largest absolute Gasteiger partial charge is 0.493 e. The smallest absolute Gasteiger partial charge is 0.164 e. The Labute approximate surface area is 181 Å². The lowest BCUT2D eigenvalue weighted by atomic mass is 10.0. The summed E-state index contributed by atoms with van der Waals surface area (Å²) in [7, 11) is 3.23. The average Bonchev–Trinajstić information content (AvgIpc) is 2.74. The fourth-order valence-electron chi connectivity index (χ4n) is 2.98. The maximum absolute atomic E-state index is 12.9. The van der Waals surface area contributed by atoms with Gasteiger partial charge in [-0.3, -0.25) is 4.79 Å². The van der Waals surface area contributed by atoms with Crippen LogP contribution in [0.25, 0.3) is 0 Å². The predicted octanol–water partition coefficient (Wildman–Crippen LogP) is 6.77. The average molecular weight is 427 g/mol. The number of Topliss-reactive ketones (excluding diaryl/α,β-unsaturated/α-hetero) is 1. The Morgan fingerprint density at radius 1 is 0.931 bits per heavy atom. The van der Waals surface area contributed by atoms with Gasteiger partial charge in [-0.15, -0.1) is 11.8 Å². The molecule has 150 valence electrons. The molecule has 0 bridgehead atoms. The van der Waals surface area contributed by atoms with Gasteiger partial charge in [0.05, 0.1) is 14.2 Å². The first-order valence-electron chi connectivity index (χ1n) is 9.24. The Morgan fingerprint density at radius 2 is 1.59 bits per heavy atom. The molecule has 3 rings (SSSR count). The highest BCUT2D eigenvalue weighted by Gasteiger charge is 2.20. The van der Waals surface area contributed by atoms with Gasteiger partial charge < -0.3 is 9.47 Å². The first-order chi connectivity index (χ1) is 14.0. The van der Waals surface area contributed by atoms with E-state index in [1.54, 1.807) is 26.0 Å². The molecule has 3 aromatic rings. The second-order valence-corrected chi connectivity index (χ2v) is 8.38. The zero-order valence-corrected chi connectivity index (χ0v) is 18.2. The molecule has 0 amide bonds. The lowest BCUT2D eigenvalue weighted by Crippen LogP contribution is -2.05. The lowest BCUT2D eigenvalue weighted by Gasteiger charge is -2.18. The number of halogens is 1. The van der Waals surface area contributed by atoms with Crippen LogP contribution in [0.3, 0.4) is 0 Å². The monoisotopic (exact) mass is 426 g/mol. The van der Waals surface area contributed by atoms with Gasteiger partial charge >= 0.3 is 0 Å². The van der Waals surface area contributed by atoms with Crippen molar-refractivity contribution in [3.8, 4) is 11.5 Å². The van der Waals surface area contributed by atoms with E-state index in [9.17, 15) is 4.79 Å². The van der Waals surface area contributed by atoms with Crippen LogP contribution >= 0.6 is 23.4 Å². The Hall–Kier alpha value is -2.43. The number of rotatable bonds is 8. The van der Waals surface area contributed by atoms with E-state index in [4.69, 9.17) is 21.1 Å². The molecule has 0 saturated heterocycles. The molecule has 0 radical (unpaired) electrons. The minimum absolute atomic E-state index is 0.0563. The van der Waals surface area contributed by atoms with Crippen LogP contribution in [0.1, 0.15) is 33.2 Å². The van der Waals surface area contributed by atoms with E-state index in [0.29, 0.717) is 22.9 Å². The van der Waals surface area contributed by atoms with Crippen LogP contribution < -0.4 is 9.47 Å². The van der Waals surface area contributed by atoms with Crippen LogP contribution in [0.2, 0.25) is 5.02 Å². The van der Waals surface area contributed by atoms with Crippen molar-refractivity contribution in [2.45, 2.75) is 23.5 Å². The standard InChI is InChI=1S/C24H23ClO3S/c1-16-4-6-17(7-5-16)21(26)15-24(18-8-10-19(25)11-9-18)29-20-12-13-22(27-2)23(14-20)28-3/h4-14,24H,15H2,1-3H3/t24-/m1/s1. The topological polar surface area (TPSA) is 35.5 Å². The van der Waals surface area contributed by atoms with Gasteiger partial charge in [-0.1, -0.05) is 53.6 Å². The Morgan fingerprint density at radius 3 is 2.21 bits per heavy atom. The summed E-state index contributed by atoms with van der Waals surface area (Å²) in [5.74, 6) is 1.45. The molecule has 3 aromatic carbocycles. The van der Waals surface area contributed by atoms with Crippen LogP contribution in [0.15, 0.2) is 71.6 Å². The zero-order valence-electron chi connectivity index (χ0n) is 16.6. The highest BCUT2D eigenvalue weighted by atomic mass is 35.5. The molecular weight excluding hydrogens is 404 g/mol. The fraction of sp³-hybridized carbons (Fsp3) is 0.208. The van der Waals surface area contributed by atoms with Gasteiger partial charge in [0.1, 0.15) is 0 Å². The van der Waals surface area contributed by atoms with Crippen molar-refractivity contribution in [3.05, 3.63) is 88.4 Å². The number of carbonyl (C=O) groups is 1. The van der Waals surface area contributed by atoms with E-state index < -0.39 is 0 Å². The molecule has 0 N–H and O–H groups in total. The quantitative estimate of drug-likeness (QED) is 0.294.